The Kier molecular flexibility index (Phi) is 3.18. The smallest absolute Gasteiger partial charge is 0.169 e. The fraction of sp³-hybridized carbons (Fsp3) is 1.00. The molecular weight excluding hydrogens is 335 g/mol. The molecule has 0 aliphatic heterocycles. The molecule has 7 heavy (non-hydrogen) atoms. The fourth-order valence-corrected chi connectivity index (χ4v) is 0. The molecule has 5 heteroatoms. The first-order valence-electron chi connectivity index (χ1n) is 1.29. The van der Waals surface area contributed by atoms with E-state index >= 15 is 0 Å². The molecule has 0 N–H and O–H groups in total. The number of hydrogen-bond acceptors (Lipinski definition) is 0. The monoisotopic (exact) mass is 336 g/mol. The van der Waals surface area contributed by atoms with Gasteiger partial charge < -0.3 is 0 Å². The molecule has 0 rings (SSSR count). The minimum Gasteiger partial charge on any atom is -0.169 e. The average Bonchev–Trinajstić information content (AvgIpc) is 1.31. The second kappa shape index (κ2) is 2.70. The van der Waals surface area contributed by atoms with Crippen molar-refractivity contribution in [3.05, 3.63) is 0 Å². The fourth-order valence-electron chi connectivity index (χ4n) is 0. The zero-order valence-electron chi connectivity index (χ0n) is 2.97. The van der Waals surface area contributed by atoms with Gasteiger partial charge in [-0.15, -0.1) is 0 Å². The lowest BCUT2D eigenvalue weighted by atomic mass is 10.8. The molecule has 0 aliphatic rings. The van der Waals surface area contributed by atoms with E-state index in [1.807, 2.05) is 0 Å². The maximum Gasteiger partial charge on any atom is 0.409 e. The summed E-state index contributed by atoms with van der Waals surface area (Å²) in [6.45, 7) is 0. The standard InChI is InChI=1S/C2HF3I2/c3-2(4,5)1(6)7/h1H. The average molecular weight is 336 g/mol. The van der Waals surface area contributed by atoms with Crippen molar-refractivity contribution in [2.24, 2.45) is 0 Å². The molecule has 0 radical (unpaired) electrons. The molecule has 0 amide bonds. The van der Waals surface area contributed by atoms with Crippen LogP contribution in [0.2, 0.25) is 0 Å². The SMILES string of the molecule is FC(F)(F)C(I)I. The molecule has 0 fully saturated rings. The van der Waals surface area contributed by atoms with Gasteiger partial charge >= 0.3 is 6.18 Å². The van der Waals surface area contributed by atoms with E-state index in [4.69, 9.17) is 0 Å². The van der Waals surface area contributed by atoms with Crippen LogP contribution in [0.25, 0.3) is 0 Å². The van der Waals surface area contributed by atoms with E-state index in [0.29, 0.717) is 0 Å². The summed E-state index contributed by atoms with van der Waals surface area (Å²) < 4.78 is 32.2. The van der Waals surface area contributed by atoms with Crippen LogP contribution in [0.4, 0.5) is 13.2 Å². The molecule has 0 saturated carbocycles. The second-order valence-corrected chi connectivity index (χ2v) is 5.72. The topological polar surface area (TPSA) is 0 Å². The van der Waals surface area contributed by atoms with Crippen molar-refractivity contribution in [2.75, 3.05) is 0 Å². The van der Waals surface area contributed by atoms with Gasteiger partial charge in [0, 0.05) is 0 Å². The zero-order valence-corrected chi connectivity index (χ0v) is 7.28. The van der Waals surface area contributed by atoms with Gasteiger partial charge in [0.2, 0.25) is 0 Å². The van der Waals surface area contributed by atoms with Gasteiger partial charge in [-0.05, 0) is 0 Å². The second-order valence-electron chi connectivity index (χ2n) is 0.842. The molecular formula is C2HF3I2. The molecule has 0 atom stereocenters. The first-order valence-corrected chi connectivity index (χ1v) is 3.78. The van der Waals surface area contributed by atoms with Gasteiger partial charge in [0.25, 0.3) is 0 Å². The van der Waals surface area contributed by atoms with Crippen molar-refractivity contribution in [3.63, 3.8) is 0 Å². The molecule has 0 heterocycles. The van der Waals surface area contributed by atoms with E-state index in [1.165, 1.54) is 45.2 Å². The maximum absolute atomic E-state index is 11.2. The van der Waals surface area contributed by atoms with E-state index in [9.17, 15) is 13.2 Å². The highest BCUT2D eigenvalue weighted by atomic mass is 127. The van der Waals surface area contributed by atoms with Crippen LogP contribution in [0.3, 0.4) is 0 Å². The highest BCUT2D eigenvalue weighted by molar-refractivity contribution is 14.2. The molecule has 0 aromatic carbocycles. The lowest BCUT2D eigenvalue weighted by molar-refractivity contribution is -0.106. The van der Waals surface area contributed by atoms with Gasteiger partial charge in [0.1, 0.15) is 0 Å². The summed E-state index contributed by atoms with van der Waals surface area (Å²) >= 11 is 2.62. The van der Waals surface area contributed by atoms with Crippen LogP contribution in [-0.4, -0.2) is 8.11 Å². The van der Waals surface area contributed by atoms with Gasteiger partial charge in [-0.2, -0.15) is 13.2 Å². The van der Waals surface area contributed by atoms with E-state index < -0.39 is 8.11 Å². The van der Waals surface area contributed by atoms with Gasteiger partial charge in [-0.1, -0.05) is 45.2 Å². The maximum atomic E-state index is 11.2. The van der Waals surface area contributed by atoms with Crippen molar-refractivity contribution in [1.82, 2.24) is 0 Å². The molecule has 0 saturated heterocycles. The van der Waals surface area contributed by atoms with Crippen molar-refractivity contribution in [2.45, 2.75) is 8.11 Å². The summed E-state index contributed by atoms with van der Waals surface area (Å²) in [6, 6.07) is 0. The quantitative estimate of drug-likeness (QED) is 0.472. The number of hydrogen-bond donors (Lipinski definition) is 0. The number of halogens is 5. The van der Waals surface area contributed by atoms with Crippen molar-refractivity contribution in [3.8, 4) is 0 Å². The van der Waals surface area contributed by atoms with Crippen LogP contribution in [0, 0.1) is 0 Å². The Morgan fingerprint density at radius 3 is 1.29 bits per heavy atom. The molecule has 0 nitrogen and oxygen atoms in total. The first kappa shape index (κ1) is 8.25. The van der Waals surface area contributed by atoms with Crippen LogP contribution >= 0.6 is 45.2 Å². The molecule has 0 aromatic rings. The Labute approximate surface area is 66.1 Å². The van der Waals surface area contributed by atoms with Gasteiger partial charge in [-0.3, -0.25) is 0 Å². The molecule has 0 unspecified atom stereocenters. The zero-order chi connectivity index (χ0) is 6.08. The summed E-state index contributed by atoms with van der Waals surface area (Å²) in [5.41, 5.74) is 0. The minimum absolute atomic E-state index is 1.26. The summed E-state index contributed by atoms with van der Waals surface area (Å²) in [5.74, 6) is 0. The summed E-state index contributed by atoms with van der Waals surface area (Å²) in [4.78, 5) is 0. The lowest BCUT2D eigenvalue weighted by Crippen LogP contribution is -2.15. The third-order valence-corrected chi connectivity index (χ3v) is 1.66. The molecule has 0 aliphatic carbocycles. The van der Waals surface area contributed by atoms with Crippen LogP contribution in [0.15, 0.2) is 0 Å². The Bertz CT molecular complexity index is 56.4. The highest BCUT2D eigenvalue weighted by Crippen LogP contribution is 2.31. The van der Waals surface area contributed by atoms with Crippen molar-refractivity contribution < 1.29 is 13.2 Å². The predicted octanol–water partition coefficient (Wildman–Crippen LogP) is 2.74. The Hall–Kier alpha value is 1.25. The molecule has 0 aromatic heterocycles. The third-order valence-electron chi connectivity index (χ3n) is 0.247. The number of rotatable bonds is 0. The van der Waals surface area contributed by atoms with Crippen molar-refractivity contribution in [1.29, 1.82) is 0 Å². The molecule has 44 valence electrons. The largest absolute Gasteiger partial charge is 0.409 e. The lowest BCUT2D eigenvalue weighted by Gasteiger charge is -2.04. The van der Waals surface area contributed by atoms with E-state index in [-0.39, 0.29) is 0 Å². The summed E-state index contributed by atoms with van der Waals surface area (Å²) in [6.07, 6.45) is -4.03. The summed E-state index contributed by atoms with van der Waals surface area (Å²) in [7, 11) is 0. The van der Waals surface area contributed by atoms with Gasteiger partial charge in [-0.25, -0.2) is 0 Å². The van der Waals surface area contributed by atoms with E-state index in [2.05, 4.69) is 0 Å². The summed E-state index contributed by atoms with van der Waals surface area (Å²) in [5, 5.41) is 0. The van der Waals surface area contributed by atoms with Crippen LogP contribution in [-0.2, 0) is 0 Å². The number of alkyl halides is 5. The van der Waals surface area contributed by atoms with E-state index in [1.54, 1.807) is 0 Å². The van der Waals surface area contributed by atoms with Crippen molar-refractivity contribution >= 4 is 45.2 Å². The molecule has 0 spiro atoms. The molecule has 0 bridgehead atoms. The van der Waals surface area contributed by atoms with Gasteiger partial charge in [0.15, 0.2) is 1.93 Å². The predicted molar refractivity (Wildman–Crippen MR) is 37.9 cm³/mol. The first-order chi connectivity index (χ1) is 2.94. The van der Waals surface area contributed by atoms with Crippen LogP contribution < -0.4 is 0 Å². The Morgan fingerprint density at radius 2 is 1.29 bits per heavy atom. The third kappa shape index (κ3) is 3.80. The Balaban J connectivity index is 3.54. The minimum atomic E-state index is -4.03. The Morgan fingerprint density at radius 1 is 1.14 bits per heavy atom. The van der Waals surface area contributed by atoms with Gasteiger partial charge in [0.05, 0.1) is 0 Å². The van der Waals surface area contributed by atoms with Crippen LogP contribution in [0.1, 0.15) is 0 Å². The normalized spacial score (nSPS) is 12.9. The highest BCUT2D eigenvalue weighted by Gasteiger charge is 2.35. The van der Waals surface area contributed by atoms with Crippen LogP contribution in [0.5, 0.6) is 0 Å². The van der Waals surface area contributed by atoms with E-state index in [0.717, 1.165) is 0 Å².